The first-order valence-corrected chi connectivity index (χ1v) is 10.4. The standard InChI is InChI=1S/C24H30N2O2/c1-18(27)25-24(22-8-3-2-4-9-22)12-14-26(15-13-24)17-23(28)21-11-10-19-6-5-7-20(19)16-21/h2-4,8-11,16,23,28H,5-7,12-15,17H2,1H3,(H,25,27)/t23-/m1/s1. The molecule has 2 aromatic rings. The fourth-order valence-corrected chi connectivity index (χ4v) is 4.85. The second-order valence-electron chi connectivity index (χ2n) is 8.33. The molecule has 1 heterocycles. The van der Waals surface area contributed by atoms with Crippen molar-refractivity contribution >= 4 is 5.91 Å². The second-order valence-corrected chi connectivity index (χ2v) is 8.33. The van der Waals surface area contributed by atoms with E-state index in [1.807, 2.05) is 18.2 Å². The van der Waals surface area contributed by atoms with E-state index >= 15 is 0 Å². The number of aliphatic hydroxyl groups excluding tert-OH is 1. The Balaban J connectivity index is 1.42. The number of carbonyl (C=O) groups is 1. The molecule has 0 saturated carbocycles. The summed E-state index contributed by atoms with van der Waals surface area (Å²) in [7, 11) is 0. The summed E-state index contributed by atoms with van der Waals surface area (Å²) in [5, 5.41) is 14.0. The maximum Gasteiger partial charge on any atom is 0.217 e. The maximum absolute atomic E-state index is 11.9. The van der Waals surface area contributed by atoms with Gasteiger partial charge < -0.3 is 15.3 Å². The number of hydrogen-bond donors (Lipinski definition) is 2. The van der Waals surface area contributed by atoms with E-state index in [4.69, 9.17) is 0 Å². The molecular formula is C24H30N2O2. The number of hydrogen-bond acceptors (Lipinski definition) is 3. The van der Waals surface area contributed by atoms with Crippen molar-refractivity contribution in [3.63, 3.8) is 0 Å². The van der Waals surface area contributed by atoms with E-state index < -0.39 is 6.10 Å². The van der Waals surface area contributed by atoms with Crippen LogP contribution in [0.2, 0.25) is 0 Å². The molecule has 2 aromatic carbocycles. The molecule has 148 valence electrons. The van der Waals surface area contributed by atoms with E-state index in [0.29, 0.717) is 6.54 Å². The van der Waals surface area contributed by atoms with E-state index in [1.165, 1.54) is 29.5 Å². The van der Waals surface area contributed by atoms with Crippen LogP contribution < -0.4 is 5.32 Å². The Morgan fingerprint density at radius 2 is 1.82 bits per heavy atom. The van der Waals surface area contributed by atoms with Gasteiger partial charge in [-0.25, -0.2) is 0 Å². The van der Waals surface area contributed by atoms with E-state index in [1.54, 1.807) is 6.92 Å². The minimum atomic E-state index is -0.462. The molecule has 0 unspecified atom stereocenters. The minimum absolute atomic E-state index is 0.00970. The van der Waals surface area contributed by atoms with Gasteiger partial charge in [0.25, 0.3) is 0 Å². The van der Waals surface area contributed by atoms with Gasteiger partial charge in [0.05, 0.1) is 11.6 Å². The summed E-state index contributed by atoms with van der Waals surface area (Å²) in [4.78, 5) is 14.2. The molecule has 2 aliphatic rings. The molecule has 1 aliphatic carbocycles. The van der Waals surface area contributed by atoms with Gasteiger partial charge in [-0.1, -0.05) is 48.5 Å². The molecule has 0 radical (unpaired) electrons. The summed E-state index contributed by atoms with van der Waals surface area (Å²) in [5.41, 5.74) is 4.74. The topological polar surface area (TPSA) is 52.6 Å². The van der Waals surface area contributed by atoms with E-state index in [-0.39, 0.29) is 11.4 Å². The van der Waals surface area contributed by atoms with Crippen LogP contribution in [0.5, 0.6) is 0 Å². The van der Waals surface area contributed by atoms with Crippen LogP contribution in [0, 0.1) is 0 Å². The summed E-state index contributed by atoms with van der Waals surface area (Å²) < 4.78 is 0. The maximum atomic E-state index is 11.9. The molecule has 1 atom stereocenters. The number of rotatable bonds is 5. The van der Waals surface area contributed by atoms with Gasteiger partial charge in [0.15, 0.2) is 0 Å². The van der Waals surface area contributed by atoms with Crippen molar-refractivity contribution in [1.82, 2.24) is 10.2 Å². The highest BCUT2D eigenvalue weighted by atomic mass is 16.3. The number of piperidine rings is 1. The molecule has 28 heavy (non-hydrogen) atoms. The highest BCUT2D eigenvalue weighted by molar-refractivity contribution is 5.74. The van der Waals surface area contributed by atoms with Gasteiger partial charge in [0.1, 0.15) is 0 Å². The van der Waals surface area contributed by atoms with Gasteiger partial charge in [-0.3, -0.25) is 4.79 Å². The first-order valence-electron chi connectivity index (χ1n) is 10.4. The Morgan fingerprint density at radius 3 is 2.54 bits per heavy atom. The molecule has 0 aromatic heterocycles. The predicted octanol–water partition coefficient (Wildman–Crippen LogP) is 3.34. The van der Waals surface area contributed by atoms with Gasteiger partial charge in [-0.2, -0.15) is 0 Å². The van der Waals surface area contributed by atoms with Crippen LogP contribution in [0.3, 0.4) is 0 Å². The van der Waals surface area contributed by atoms with Crippen molar-refractivity contribution in [2.75, 3.05) is 19.6 Å². The first-order chi connectivity index (χ1) is 13.6. The summed E-state index contributed by atoms with van der Waals surface area (Å²) in [6, 6.07) is 16.7. The molecule has 1 aliphatic heterocycles. The monoisotopic (exact) mass is 378 g/mol. The Bertz CT molecular complexity index is 826. The number of fused-ring (bicyclic) bond motifs is 1. The lowest BCUT2D eigenvalue weighted by molar-refractivity contribution is -0.121. The van der Waals surface area contributed by atoms with Crippen molar-refractivity contribution in [2.24, 2.45) is 0 Å². The number of nitrogens with one attached hydrogen (secondary N) is 1. The zero-order valence-corrected chi connectivity index (χ0v) is 16.7. The molecule has 1 saturated heterocycles. The average Bonchev–Trinajstić information content (AvgIpc) is 3.17. The first kappa shape index (κ1) is 19.2. The second kappa shape index (κ2) is 8.06. The van der Waals surface area contributed by atoms with Crippen molar-refractivity contribution in [3.8, 4) is 0 Å². The number of amides is 1. The normalized spacial score (nSPS) is 19.8. The Kier molecular flexibility index (Phi) is 5.51. The number of benzene rings is 2. The van der Waals surface area contributed by atoms with Crippen LogP contribution in [-0.4, -0.2) is 35.5 Å². The Labute approximate surface area is 167 Å². The Hall–Kier alpha value is -2.17. The quantitative estimate of drug-likeness (QED) is 0.839. The van der Waals surface area contributed by atoms with Crippen molar-refractivity contribution in [3.05, 3.63) is 70.8 Å². The zero-order chi connectivity index (χ0) is 19.6. The molecule has 1 amide bonds. The van der Waals surface area contributed by atoms with Crippen molar-refractivity contribution in [2.45, 2.75) is 50.7 Å². The average molecular weight is 379 g/mol. The summed E-state index contributed by atoms with van der Waals surface area (Å²) in [6.45, 7) is 3.95. The predicted molar refractivity (Wildman–Crippen MR) is 111 cm³/mol. The van der Waals surface area contributed by atoms with Gasteiger partial charge >= 0.3 is 0 Å². The van der Waals surface area contributed by atoms with E-state index in [0.717, 1.165) is 37.9 Å². The molecule has 1 fully saturated rings. The minimum Gasteiger partial charge on any atom is -0.387 e. The number of aliphatic hydroxyl groups is 1. The highest BCUT2D eigenvalue weighted by Crippen LogP contribution is 2.34. The number of aryl methyl sites for hydroxylation is 2. The van der Waals surface area contributed by atoms with Crippen LogP contribution in [-0.2, 0) is 23.2 Å². The summed E-state index contributed by atoms with van der Waals surface area (Å²) in [5.74, 6) is 0.00970. The number of carbonyl (C=O) groups excluding carboxylic acids is 1. The third-order valence-corrected chi connectivity index (χ3v) is 6.39. The smallest absolute Gasteiger partial charge is 0.217 e. The van der Waals surface area contributed by atoms with E-state index in [2.05, 4.69) is 40.5 Å². The van der Waals surface area contributed by atoms with Crippen LogP contribution in [0.1, 0.15) is 54.5 Å². The van der Waals surface area contributed by atoms with Crippen LogP contribution in [0.25, 0.3) is 0 Å². The lowest BCUT2D eigenvalue weighted by Crippen LogP contribution is -2.53. The van der Waals surface area contributed by atoms with Gasteiger partial charge in [-0.15, -0.1) is 0 Å². The van der Waals surface area contributed by atoms with Gasteiger partial charge in [0, 0.05) is 26.6 Å². The fraction of sp³-hybridized carbons (Fsp3) is 0.458. The van der Waals surface area contributed by atoms with Crippen molar-refractivity contribution in [1.29, 1.82) is 0 Å². The molecule has 4 heteroatoms. The molecular weight excluding hydrogens is 348 g/mol. The SMILES string of the molecule is CC(=O)NC1(c2ccccc2)CCN(C[C@@H](O)c2ccc3c(c2)CCC3)CC1. The van der Waals surface area contributed by atoms with Crippen LogP contribution in [0.4, 0.5) is 0 Å². The number of likely N-dealkylation sites (tertiary alicyclic amines) is 1. The largest absolute Gasteiger partial charge is 0.387 e. The van der Waals surface area contributed by atoms with Crippen LogP contribution in [0.15, 0.2) is 48.5 Å². The molecule has 2 N–H and O–H groups in total. The van der Waals surface area contributed by atoms with E-state index in [9.17, 15) is 9.90 Å². The highest BCUT2D eigenvalue weighted by Gasteiger charge is 2.37. The van der Waals surface area contributed by atoms with Crippen molar-refractivity contribution < 1.29 is 9.90 Å². The molecule has 4 rings (SSSR count). The summed E-state index contributed by atoms with van der Waals surface area (Å²) >= 11 is 0. The zero-order valence-electron chi connectivity index (χ0n) is 16.7. The lowest BCUT2D eigenvalue weighted by atomic mass is 9.80. The lowest BCUT2D eigenvalue weighted by Gasteiger charge is -2.43. The molecule has 4 nitrogen and oxygen atoms in total. The summed E-state index contributed by atoms with van der Waals surface area (Å²) in [6.07, 6.45) is 4.78. The number of nitrogens with zero attached hydrogens (tertiary/aromatic N) is 1. The third-order valence-electron chi connectivity index (χ3n) is 6.39. The van der Waals surface area contributed by atoms with Gasteiger partial charge in [0.2, 0.25) is 5.91 Å². The third kappa shape index (κ3) is 3.98. The van der Waals surface area contributed by atoms with Gasteiger partial charge in [-0.05, 0) is 54.4 Å². The molecule has 0 bridgehead atoms. The Morgan fingerprint density at radius 1 is 1.11 bits per heavy atom. The fourth-order valence-electron chi connectivity index (χ4n) is 4.85. The molecule has 0 spiro atoms. The van der Waals surface area contributed by atoms with Crippen LogP contribution >= 0.6 is 0 Å². The number of β-amino-alcohol motifs (C(OH)–C–C–N with tert-alkyl or cyclic N) is 1.